The summed E-state index contributed by atoms with van der Waals surface area (Å²) in [6.07, 6.45) is 6.92. The summed E-state index contributed by atoms with van der Waals surface area (Å²) < 4.78 is 0. The maximum Gasteiger partial charge on any atom is 0.333 e. The summed E-state index contributed by atoms with van der Waals surface area (Å²) in [5, 5.41) is 15.2. The predicted molar refractivity (Wildman–Crippen MR) is 217 cm³/mol. The molecule has 16 nitrogen and oxygen atoms in total. The summed E-state index contributed by atoms with van der Waals surface area (Å²) in [5.74, 6) is -1.99. The van der Waals surface area contributed by atoms with Crippen LogP contribution < -0.4 is 43.2 Å². The lowest BCUT2D eigenvalue weighted by molar-refractivity contribution is -0.133. The Morgan fingerprint density at radius 1 is 0.719 bits per heavy atom. The average molecular weight is 778 g/mol. The van der Waals surface area contributed by atoms with Gasteiger partial charge in [-0.15, -0.1) is 0 Å². The van der Waals surface area contributed by atoms with Crippen molar-refractivity contribution in [3.63, 3.8) is 0 Å². The first-order valence-corrected chi connectivity index (χ1v) is 19.0. The number of anilines is 1. The number of aromatic amines is 2. The highest BCUT2D eigenvalue weighted by Gasteiger charge is 2.30. The van der Waals surface area contributed by atoms with E-state index in [1.165, 1.54) is 13.3 Å². The molecule has 2 heterocycles. The van der Waals surface area contributed by atoms with Gasteiger partial charge in [0, 0.05) is 73.6 Å². The number of nitrogens with zero attached hydrogens (tertiary/aromatic N) is 1. The van der Waals surface area contributed by atoms with Crippen molar-refractivity contribution in [3.8, 4) is 0 Å². The minimum atomic E-state index is -1.10. The largest absolute Gasteiger partial charge is 0.361 e. The summed E-state index contributed by atoms with van der Waals surface area (Å²) in [7, 11) is 0. The lowest BCUT2D eigenvalue weighted by Gasteiger charge is -2.26. The van der Waals surface area contributed by atoms with Crippen LogP contribution in [0.1, 0.15) is 43.0 Å². The van der Waals surface area contributed by atoms with Crippen LogP contribution in [-0.2, 0) is 38.4 Å². The van der Waals surface area contributed by atoms with E-state index in [0.717, 1.165) is 22.0 Å². The van der Waals surface area contributed by atoms with Gasteiger partial charge in [-0.25, -0.2) is 15.2 Å². The molecule has 5 rings (SSSR count). The Hall–Kier alpha value is -6.52. The second-order valence-corrected chi connectivity index (χ2v) is 13.7. The number of para-hydroxylation sites is 2. The van der Waals surface area contributed by atoms with E-state index in [4.69, 9.17) is 5.73 Å². The Morgan fingerprint density at radius 3 is 2.09 bits per heavy atom. The number of nitrogens with one attached hydrogen (secondary N) is 9. The second-order valence-electron chi connectivity index (χ2n) is 13.7. The number of hydrogen-bond donors (Lipinski definition) is 10. The number of imidazole rings is 1. The van der Waals surface area contributed by atoms with Crippen LogP contribution >= 0.6 is 0 Å². The number of aromatic nitrogens is 3. The van der Waals surface area contributed by atoms with E-state index in [1.54, 1.807) is 18.3 Å². The van der Waals surface area contributed by atoms with Crippen LogP contribution in [-0.4, -0.2) is 81.9 Å². The summed E-state index contributed by atoms with van der Waals surface area (Å²) >= 11 is 0. The van der Waals surface area contributed by atoms with Crippen LogP contribution in [0.5, 0.6) is 0 Å². The highest BCUT2D eigenvalue weighted by atomic mass is 16.2. The van der Waals surface area contributed by atoms with E-state index in [9.17, 15) is 24.0 Å². The standard InChI is InChI=1S/C41H51N11O5/c1-27(53)47-37(22-32-25-43-26-45-32)40(56)51-36(20-28-12-4-2-5-13-28)39(55)50-35(18-10-11-19-46-52-41(57)49-30-14-6-3-7-15-30)38(54)48-31(23-42)21-29-24-44-34-17-9-8-16-33(29)34/h2-9,12-17,24-26,31,35-37,44,46H,10-11,18-23,42H2,1H3,(H,43,45)(H,47,53)(H,48,54)(H,50,55)(H,51,56)(H2,49,52,57)/t31-,35-,36+,37-/m0/s1. The van der Waals surface area contributed by atoms with Crippen molar-refractivity contribution in [2.24, 2.45) is 5.73 Å². The number of rotatable bonds is 21. The number of hydrogen-bond acceptors (Lipinski definition) is 8. The molecule has 6 amide bonds. The fourth-order valence-electron chi connectivity index (χ4n) is 6.39. The smallest absolute Gasteiger partial charge is 0.333 e. The Balaban J connectivity index is 1.27. The number of benzene rings is 3. The van der Waals surface area contributed by atoms with Gasteiger partial charge in [-0.1, -0.05) is 66.7 Å². The topological polar surface area (TPSA) is 240 Å². The highest BCUT2D eigenvalue weighted by molar-refractivity contribution is 5.94. The van der Waals surface area contributed by atoms with Crippen LogP contribution in [0.15, 0.2) is 104 Å². The van der Waals surface area contributed by atoms with Gasteiger partial charge in [0.25, 0.3) is 0 Å². The third-order valence-electron chi connectivity index (χ3n) is 9.27. The van der Waals surface area contributed by atoms with Gasteiger partial charge in [0.15, 0.2) is 0 Å². The number of unbranched alkanes of at least 4 members (excludes halogenated alkanes) is 1. The van der Waals surface area contributed by atoms with Crippen molar-refractivity contribution in [2.45, 2.75) is 69.6 Å². The lowest BCUT2D eigenvalue weighted by atomic mass is 10.0. The maximum absolute atomic E-state index is 14.2. The van der Waals surface area contributed by atoms with E-state index >= 15 is 0 Å². The van der Waals surface area contributed by atoms with Gasteiger partial charge in [-0.05, 0) is 55.0 Å². The third kappa shape index (κ3) is 13.3. The number of H-pyrrole nitrogens is 2. The first kappa shape index (κ1) is 41.6. The van der Waals surface area contributed by atoms with Crippen LogP contribution in [0.25, 0.3) is 10.9 Å². The van der Waals surface area contributed by atoms with E-state index in [0.29, 0.717) is 37.2 Å². The molecule has 0 aliphatic heterocycles. The van der Waals surface area contributed by atoms with Crippen LogP contribution in [0.4, 0.5) is 10.5 Å². The molecule has 0 aliphatic rings. The zero-order chi connectivity index (χ0) is 40.4. The predicted octanol–water partition coefficient (Wildman–Crippen LogP) is 2.33. The molecule has 11 N–H and O–H groups in total. The number of nitrogens with two attached hydrogens (primary N) is 1. The van der Waals surface area contributed by atoms with Crippen LogP contribution in [0.2, 0.25) is 0 Å². The molecular weight excluding hydrogens is 727 g/mol. The molecule has 300 valence electrons. The fourth-order valence-corrected chi connectivity index (χ4v) is 6.39. The highest BCUT2D eigenvalue weighted by Crippen LogP contribution is 2.19. The van der Waals surface area contributed by atoms with Gasteiger partial charge in [0.2, 0.25) is 23.6 Å². The number of amides is 6. The molecule has 5 aromatic rings. The lowest BCUT2D eigenvalue weighted by Crippen LogP contribution is -2.58. The van der Waals surface area contributed by atoms with Crippen molar-refractivity contribution >= 4 is 46.3 Å². The second kappa shape index (κ2) is 21.5. The molecule has 0 radical (unpaired) electrons. The molecule has 0 bridgehead atoms. The normalized spacial score (nSPS) is 13.1. The molecule has 0 aliphatic carbocycles. The summed E-state index contributed by atoms with van der Waals surface area (Å²) in [5.41, 5.74) is 15.6. The van der Waals surface area contributed by atoms with Gasteiger partial charge < -0.3 is 42.3 Å². The minimum absolute atomic E-state index is 0.115. The van der Waals surface area contributed by atoms with Gasteiger partial charge in [0.1, 0.15) is 18.1 Å². The first-order chi connectivity index (χ1) is 27.7. The summed E-state index contributed by atoms with van der Waals surface area (Å²) in [6, 6.07) is 22.1. The molecule has 16 heteroatoms. The molecule has 57 heavy (non-hydrogen) atoms. The molecule has 0 spiro atoms. The SMILES string of the molecule is CC(=O)N[C@@H](Cc1cnc[nH]1)C(=O)N[C@H](Cc1ccccc1)C(=O)N[C@@H](CCCCNNC(=O)Nc1ccccc1)C(=O)N[C@H](CN)Cc1c[nH]c2ccccc12. The van der Waals surface area contributed by atoms with Crippen molar-refractivity contribution in [1.82, 2.24) is 47.1 Å². The molecule has 2 aromatic heterocycles. The first-order valence-electron chi connectivity index (χ1n) is 19.0. The van der Waals surface area contributed by atoms with Gasteiger partial charge in [-0.3, -0.25) is 24.6 Å². The molecule has 4 atom stereocenters. The molecule has 0 unspecified atom stereocenters. The number of carbonyl (C=O) groups excluding carboxylic acids is 5. The zero-order valence-electron chi connectivity index (χ0n) is 31.8. The molecule has 0 saturated heterocycles. The Kier molecular flexibility index (Phi) is 15.7. The Morgan fingerprint density at radius 2 is 1.39 bits per heavy atom. The molecule has 0 fully saturated rings. The van der Waals surface area contributed by atoms with Crippen LogP contribution in [0.3, 0.4) is 0 Å². The minimum Gasteiger partial charge on any atom is -0.361 e. The fraction of sp³-hybridized carbons (Fsp3) is 0.317. The van der Waals surface area contributed by atoms with Crippen molar-refractivity contribution in [1.29, 1.82) is 0 Å². The monoisotopic (exact) mass is 777 g/mol. The van der Waals surface area contributed by atoms with E-state index in [2.05, 4.69) is 52.4 Å². The number of fused-ring (bicyclic) bond motifs is 1. The Bertz CT molecular complexity index is 2040. The molecule has 0 saturated carbocycles. The van der Waals surface area contributed by atoms with Crippen molar-refractivity contribution in [2.75, 3.05) is 18.4 Å². The summed E-state index contributed by atoms with van der Waals surface area (Å²) in [6.45, 7) is 1.85. The third-order valence-corrected chi connectivity index (χ3v) is 9.27. The number of carbonyl (C=O) groups is 5. The quantitative estimate of drug-likeness (QED) is 0.0391. The van der Waals surface area contributed by atoms with Crippen molar-refractivity contribution < 1.29 is 24.0 Å². The average Bonchev–Trinajstić information content (AvgIpc) is 3.88. The Labute approximate surface area is 330 Å². The van der Waals surface area contributed by atoms with E-state index < -0.39 is 53.8 Å². The van der Waals surface area contributed by atoms with Gasteiger partial charge >= 0.3 is 6.03 Å². The van der Waals surface area contributed by atoms with Crippen molar-refractivity contribution in [3.05, 3.63) is 120 Å². The van der Waals surface area contributed by atoms with Gasteiger partial charge in [-0.2, -0.15) is 0 Å². The summed E-state index contributed by atoms with van der Waals surface area (Å²) in [4.78, 5) is 76.4. The zero-order valence-corrected chi connectivity index (χ0v) is 31.8. The van der Waals surface area contributed by atoms with E-state index in [1.807, 2.05) is 79.0 Å². The van der Waals surface area contributed by atoms with Crippen LogP contribution in [0, 0.1) is 0 Å². The number of hydrazine groups is 1. The van der Waals surface area contributed by atoms with E-state index in [-0.39, 0.29) is 25.8 Å². The molecular formula is C41H51N11O5. The molecule has 3 aromatic carbocycles. The number of urea groups is 1. The van der Waals surface area contributed by atoms with Gasteiger partial charge in [0.05, 0.1) is 6.33 Å². The maximum atomic E-state index is 14.2.